The van der Waals surface area contributed by atoms with Crippen LogP contribution in [0.3, 0.4) is 0 Å². The lowest BCUT2D eigenvalue weighted by Gasteiger charge is -2.23. The van der Waals surface area contributed by atoms with Gasteiger partial charge in [-0.1, -0.05) is 13.8 Å². The molecule has 0 aliphatic carbocycles. The van der Waals surface area contributed by atoms with Crippen LogP contribution in [0.4, 0.5) is 11.4 Å². The van der Waals surface area contributed by atoms with Crippen LogP contribution in [0, 0.1) is 19.6 Å². The van der Waals surface area contributed by atoms with E-state index >= 15 is 0 Å². The number of nitrogens with zero attached hydrogens (tertiary/aromatic N) is 1. The second-order valence-corrected chi connectivity index (χ2v) is 5.74. The second kappa shape index (κ2) is 7.64. The zero-order valence-electron chi connectivity index (χ0n) is 11.4. The van der Waals surface area contributed by atoms with Gasteiger partial charge in [0, 0.05) is 28.0 Å². The first-order valence-corrected chi connectivity index (χ1v) is 7.31. The molecular formula is C13H19IN2O3. The Morgan fingerprint density at radius 3 is 2.63 bits per heavy atom. The summed E-state index contributed by atoms with van der Waals surface area (Å²) in [6, 6.07) is 5.03. The highest BCUT2D eigenvalue weighted by Crippen LogP contribution is 2.25. The van der Waals surface area contributed by atoms with E-state index in [0.717, 1.165) is 9.26 Å². The maximum absolute atomic E-state index is 10.7. The van der Waals surface area contributed by atoms with E-state index in [1.165, 1.54) is 6.07 Å². The summed E-state index contributed by atoms with van der Waals surface area (Å²) in [7, 11) is 0. The van der Waals surface area contributed by atoms with E-state index in [9.17, 15) is 10.1 Å². The number of non-ortho nitro benzene ring substituents is 1. The Labute approximate surface area is 127 Å². The van der Waals surface area contributed by atoms with Crippen LogP contribution in [0.5, 0.6) is 0 Å². The number of nitro benzene ring substituents is 1. The number of anilines is 1. The summed E-state index contributed by atoms with van der Waals surface area (Å²) >= 11 is 2.11. The normalized spacial score (nSPS) is 12.5. The van der Waals surface area contributed by atoms with Gasteiger partial charge in [0.05, 0.1) is 17.6 Å². The summed E-state index contributed by atoms with van der Waals surface area (Å²) in [6.45, 7) is 7.51. The van der Waals surface area contributed by atoms with Crippen LogP contribution in [0.1, 0.15) is 20.8 Å². The van der Waals surface area contributed by atoms with Crippen LogP contribution >= 0.6 is 22.6 Å². The van der Waals surface area contributed by atoms with Gasteiger partial charge in [0.15, 0.2) is 0 Å². The zero-order valence-corrected chi connectivity index (χ0v) is 13.5. The van der Waals surface area contributed by atoms with E-state index < -0.39 is 0 Å². The van der Waals surface area contributed by atoms with Crippen molar-refractivity contribution in [1.82, 2.24) is 0 Å². The number of halogens is 1. The van der Waals surface area contributed by atoms with Crippen molar-refractivity contribution < 1.29 is 9.66 Å². The van der Waals surface area contributed by atoms with Gasteiger partial charge < -0.3 is 10.1 Å². The fraction of sp³-hybridized carbons (Fsp3) is 0.538. The van der Waals surface area contributed by atoms with E-state index in [-0.39, 0.29) is 16.7 Å². The van der Waals surface area contributed by atoms with Crippen molar-refractivity contribution in [3.05, 3.63) is 31.9 Å². The Morgan fingerprint density at radius 2 is 2.16 bits per heavy atom. The summed E-state index contributed by atoms with van der Waals surface area (Å²) in [5.41, 5.74) is 1.02. The van der Waals surface area contributed by atoms with Crippen molar-refractivity contribution in [3.8, 4) is 0 Å². The highest BCUT2D eigenvalue weighted by molar-refractivity contribution is 14.1. The Bertz CT molecular complexity index is 438. The number of nitro groups is 1. The molecule has 0 aliphatic rings. The smallest absolute Gasteiger partial charge is 0.270 e. The lowest BCUT2D eigenvalue weighted by Crippen LogP contribution is -2.31. The molecule has 0 bridgehead atoms. The fourth-order valence-electron chi connectivity index (χ4n) is 1.58. The highest BCUT2D eigenvalue weighted by atomic mass is 127. The number of ether oxygens (including phenoxy) is 1. The molecule has 0 saturated carbocycles. The molecule has 1 aromatic carbocycles. The summed E-state index contributed by atoms with van der Waals surface area (Å²) in [5.74, 6) is 0.414. The van der Waals surface area contributed by atoms with Crippen LogP contribution in [0.25, 0.3) is 0 Å². The van der Waals surface area contributed by atoms with Crippen LogP contribution in [-0.2, 0) is 4.74 Å². The summed E-state index contributed by atoms with van der Waals surface area (Å²) < 4.78 is 6.30. The van der Waals surface area contributed by atoms with Crippen LogP contribution in [-0.4, -0.2) is 24.2 Å². The number of hydrogen-bond donors (Lipinski definition) is 1. The van der Waals surface area contributed by atoms with E-state index in [4.69, 9.17) is 4.74 Å². The van der Waals surface area contributed by atoms with E-state index in [2.05, 4.69) is 41.8 Å². The van der Waals surface area contributed by atoms with Gasteiger partial charge in [-0.15, -0.1) is 0 Å². The first kappa shape index (κ1) is 16.2. The molecule has 0 fully saturated rings. The maximum Gasteiger partial charge on any atom is 0.270 e. The molecule has 1 rings (SSSR count). The van der Waals surface area contributed by atoms with Crippen molar-refractivity contribution in [1.29, 1.82) is 0 Å². The van der Waals surface area contributed by atoms with Crippen molar-refractivity contribution >= 4 is 34.0 Å². The van der Waals surface area contributed by atoms with Gasteiger partial charge in [0.2, 0.25) is 0 Å². The molecule has 1 aromatic rings. The van der Waals surface area contributed by atoms with Crippen LogP contribution in [0.15, 0.2) is 18.2 Å². The van der Waals surface area contributed by atoms with Crippen molar-refractivity contribution in [2.75, 3.05) is 18.5 Å². The average molecular weight is 378 g/mol. The first-order chi connectivity index (χ1) is 8.95. The Kier molecular flexibility index (Phi) is 6.50. The molecule has 5 nitrogen and oxygen atoms in total. The van der Waals surface area contributed by atoms with Crippen molar-refractivity contribution in [3.63, 3.8) is 0 Å². The van der Waals surface area contributed by atoms with Gasteiger partial charge >= 0.3 is 0 Å². The van der Waals surface area contributed by atoms with E-state index in [1.807, 2.05) is 6.92 Å². The third-order valence-corrected chi connectivity index (χ3v) is 3.70. The molecule has 19 heavy (non-hydrogen) atoms. The number of benzene rings is 1. The molecule has 0 saturated heterocycles. The Balaban J connectivity index is 2.81. The zero-order chi connectivity index (χ0) is 14.4. The molecular weight excluding hydrogens is 359 g/mol. The molecule has 0 heterocycles. The summed E-state index contributed by atoms with van der Waals surface area (Å²) in [4.78, 5) is 10.3. The van der Waals surface area contributed by atoms with Gasteiger partial charge in [-0.3, -0.25) is 10.1 Å². The molecule has 0 aromatic heterocycles. The highest BCUT2D eigenvalue weighted by Gasteiger charge is 2.16. The SMILES string of the molecule is CCOCC(Nc1ccc([N+](=O)[O-])cc1I)C(C)C. The van der Waals surface area contributed by atoms with Gasteiger partial charge in [0.25, 0.3) is 5.69 Å². The van der Waals surface area contributed by atoms with Crippen molar-refractivity contribution in [2.45, 2.75) is 26.8 Å². The quantitative estimate of drug-likeness (QED) is 0.447. The summed E-state index contributed by atoms with van der Waals surface area (Å²) in [5, 5.41) is 14.1. The van der Waals surface area contributed by atoms with Crippen molar-refractivity contribution in [2.24, 2.45) is 5.92 Å². The lowest BCUT2D eigenvalue weighted by molar-refractivity contribution is -0.384. The van der Waals surface area contributed by atoms with E-state index in [0.29, 0.717) is 19.1 Å². The largest absolute Gasteiger partial charge is 0.380 e. The van der Waals surface area contributed by atoms with E-state index in [1.54, 1.807) is 12.1 Å². The second-order valence-electron chi connectivity index (χ2n) is 4.58. The maximum atomic E-state index is 10.7. The number of hydrogen-bond acceptors (Lipinski definition) is 4. The molecule has 106 valence electrons. The topological polar surface area (TPSA) is 64.4 Å². The van der Waals surface area contributed by atoms with Gasteiger partial charge in [0.1, 0.15) is 0 Å². The third-order valence-electron chi connectivity index (χ3n) is 2.81. The molecule has 0 amide bonds. The van der Waals surface area contributed by atoms with Crippen LogP contribution in [0.2, 0.25) is 0 Å². The average Bonchev–Trinajstić information content (AvgIpc) is 2.35. The standard InChI is InChI=1S/C13H19IN2O3/c1-4-19-8-13(9(2)3)15-12-6-5-10(16(17)18)7-11(12)14/h5-7,9,13,15H,4,8H2,1-3H3. The van der Waals surface area contributed by atoms with Crippen LogP contribution < -0.4 is 5.32 Å². The number of rotatable bonds is 7. The molecule has 1 N–H and O–H groups in total. The molecule has 0 spiro atoms. The molecule has 0 radical (unpaired) electrons. The minimum atomic E-state index is -0.383. The Morgan fingerprint density at radius 1 is 1.47 bits per heavy atom. The predicted molar refractivity (Wildman–Crippen MR) is 84.6 cm³/mol. The van der Waals surface area contributed by atoms with Gasteiger partial charge in [-0.25, -0.2) is 0 Å². The Hall–Kier alpha value is -0.890. The minimum Gasteiger partial charge on any atom is -0.380 e. The fourth-order valence-corrected chi connectivity index (χ4v) is 2.23. The third kappa shape index (κ3) is 4.94. The molecule has 1 atom stereocenters. The molecule has 1 unspecified atom stereocenters. The predicted octanol–water partition coefficient (Wildman–Crippen LogP) is 3.67. The molecule has 0 aliphatic heterocycles. The van der Waals surface area contributed by atoms with Gasteiger partial charge in [-0.05, 0) is 41.5 Å². The summed E-state index contributed by atoms with van der Waals surface area (Å²) in [6.07, 6.45) is 0. The first-order valence-electron chi connectivity index (χ1n) is 6.24. The lowest BCUT2D eigenvalue weighted by atomic mass is 10.0. The minimum absolute atomic E-state index is 0.112. The number of nitrogens with one attached hydrogen (secondary N) is 1. The monoisotopic (exact) mass is 378 g/mol. The molecule has 6 heteroatoms. The van der Waals surface area contributed by atoms with Gasteiger partial charge in [-0.2, -0.15) is 0 Å².